The zero-order valence-electron chi connectivity index (χ0n) is 9.25. The molecule has 0 unspecified atom stereocenters. The Labute approximate surface area is 109 Å². The number of hydrogen-bond acceptors (Lipinski definition) is 2. The fourth-order valence-electron chi connectivity index (χ4n) is 1.55. The maximum absolute atomic E-state index is 12.8. The quantitative estimate of drug-likeness (QED) is 0.813. The van der Waals surface area contributed by atoms with Gasteiger partial charge in [-0.05, 0) is 35.6 Å². The van der Waals surface area contributed by atoms with Crippen molar-refractivity contribution >= 4 is 22.9 Å². The summed E-state index contributed by atoms with van der Waals surface area (Å²) in [5.74, 6) is -0.294. The Morgan fingerprint density at radius 2 is 2.18 bits per heavy atom. The van der Waals surface area contributed by atoms with Crippen molar-refractivity contribution in [2.24, 2.45) is 0 Å². The molecule has 0 aliphatic rings. The summed E-state index contributed by atoms with van der Waals surface area (Å²) in [7, 11) is 0. The van der Waals surface area contributed by atoms with Crippen molar-refractivity contribution < 1.29 is 4.39 Å². The van der Waals surface area contributed by atoms with Crippen molar-refractivity contribution in [2.75, 3.05) is 6.54 Å². The van der Waals surface area contributed by atoms with E-state index >= 15 is 0 Å². The van der Waals surface area contributed by atoms with Crippen LogP contribution in [0, 0.1) is 5.82 Å². The maximum Gasteiger partial charge on any atom is 0.124 e. The summed E-state index contributed by atoms with van der Waals surface area (Å²) in [6.07, 6.45) is 1.01. The first-order chi connectivity index (χ1) is 8.25. The SMILES string of the molecule is Fc1ccc(CNCCc2cccs2)c(Cl)c1. The Morgan fingerprint density at radius 1 is 1.29 bits per heavy atom. The van der Waals surface area contributed by atoms with Gasteiger partial charge in [-0.15, -0.1) is 11.3 Å². The molecule has 0 aliphatic carbocycles. The third kappa shape index (κ3) is 3.80. The van der Waals surface area contributed by atoms with Crippen LogP contribution < -0.4 is 5.32 Å². The monoisotopic (exact) mass is 269 g/mol. The highest BCUT2D eigenvalue weighted by molar-refractivity contribution is 7.09. The zero-order valence-corrected chi connectivity index (χ0v) is 10.8. The van der Waals surface area contributed by atoms with Gasteiger partial charge in [0.05, 0.1) is 0 Å². The normalized spacial score (nSPS) is 10.7. The Morgan fingerprint density at radius 3 is 2.88 bits per heavy atom. The molecule has 1 aromatic heterocycles. The number of benzene rings is 1. The molecule has 17 heavy (non-hydrogen) atoms. The first kappa shape index (κ1) is 12.6. The third-order valence-corrected chi connectivity index (χ3v) is 3.75. The first-order valence-electron chi connectivity index (χ1n) is 5.43. The molecule has 1 N–H and O–H groups in total. The lowest BCUT2D eigenvalue weighted by atomic mass is 10.2. The summed E-state index contributed by atoms with van der Waals surface area (Å²) in [5.41, 5.74) is 0.930. The summed E-state index contributed by atoms with van der Waals surface area (Å²) in [5, 5.41) is 5.86. The van der Waals surface area contributed by atoms with Crippen molar-refractivity contribution in [3.8, 4) is 0 Å². The molecule has 0 bridgehead atoms. The van der Waals surface area contributed by atoms with Gasteiger partial charge >= 0.3 is 0 Å². The van der Waals surface area contributed by atoms with E-state index in [-0.39, 0.29) is 5.82 Å². The number of nitrogens with one attached hydrogen (secondary N) is 1. The van der Waals surface area contributed by atoms with Gasteiger partial charge in [0, 0.05) is 23.0 Å². The summed E-state index contributed by atoms with van der Waals surface area (Å²) in [4.78, 5) is 1.36. The largest absolute Gasteiger partial charge is 0.312 e. The average molecular weight is 270 g/mol. The van der Waals surface area contributed by atoms with Crippen LogP contribution in [0.2, 0.25) is 5.02 Å². The van der Waals surface area contributed by atoms with Crippen LogP contribution in [0.25, 0.3) is 0 Å². The molecule has 0 radical (unpaired) electrons. The van der Waals surface area contributed by atoms with Gasteiger partial charge in [0.25, 0.3) is 0 Å². The number of thiophene rings is 1. The second kappa shape index (κ2) is 6.15. The number of halogens is 2. The van der Waals surface area contributed by atoms with Gasteiger partial charge < -0.3 is 5.32 Å². The van der Waals surface area contributed by atoms with Crippen LogP contribution in [-0.2, 0) is 13.0 Å². The van der Waals surface area contributed by atoms with E-state index in [0.717, 1.165) is 18.5 Å². The van der Waals surface area contributed by atoms with Crippen LogP contribution in [0.15, 0.2) is 35.7 Å². The third-order valence-electron chi connectivity index (χ3n) is 2.46. The van der Waals surface area contributed by atoms with Crippen molar-refractivity contribution in [1.82, 2.24) is 5.32 Å². The number of rotatable bonds is 5. The maximum atomic E-state index is 12.8. The van der Waals surface area contributed by atoms with Gasteiger partial charge in [-0.1, -0.05) is 23.7 Å². The van der Waals surface area contributed by atoms with Gasteiger partial charge in [-0.25, -0.2) is 4.39 Å². The summed E-state index contributed by atoms with van der Waals surface area (Å²) in [6.45, 7) is 1.57. The molecule has 90 valence electrons. The fraction of sp³-hybridized carbons (Fsp3) is 0.231. The molecule has 0 spiro atoms. The zero-order chi connectivity index (χ0) is 12.1. The van der Waals surface area contributed by atoms with E-state index in [1.165, 1.54) is 17.0 Å². The summed E-state index contributed by atoms with van der Waals surface area (Å²) >= 11 is 7.69. The van der Waals surface area contributed by atoms with Crippen LogP contribution in [0.5, 0.6) is 0 Å². The van der Waals surface area contributed by atoms with Gasteiger partial charge in [0.15, 0.2) is 0 Å². The molecule has 1 nitrogen and oxygen atoms in total. The van der Waals surface area contributed by atoms with Crippen molar-refractivity contribution in [3.05, 3.63) is 57.0 Å². The van der Waals surface area contributed by atoms with Crippen molar-refractivity contribution in [3.63, 3.8) is 0 Å². The van der Waals surface area contributed by atoms with Crippen LogP contribution >= 0.6 is 22.9 Å². The van der Waals surface area contributed by atoms with E-state index in [9.17, 15) is 4.39 Å². The molecule has 1 heterocycles. The molecular weight excluding hydrogens is 257 g/mol. The van der Waals surface area contributed by atoms with Crippen LogP contribution in [0.1, 0.15) is 10.4 Å². The second-order valence-electron chi connectivity index (χ2n) is 3.74. The van der Waals surface area contributed by atoms with E-state index in [4.69, 9.17) is 11.6 Å². The molecule has 1 aromatic carbocycles. The lowest BCUT2D eigenvalue weighted by Gasteiger charge is -2.06. The minimum Gasteiger partial charge on any atom is -0.312 e. The second-order valence-corrected chi connectivity index (χ2v) is 5.18. The Balaban J connectivity index is 1.78. The van der Waals surface area contributed by atoms with Crippen LogP contribution in [0.4, 0.5) is 4.39 Å². The Kier molecular flexibility index (Phi) is 4.54. The van der Waals surface area contributed by atoms with Gasteiger partial charge in [-0.2, -0.15) is 0 Å². The average Bonchev–Trinajstić information content (AvgIpc) is 2.79. The predicted molar refractivity (Wildman–Crippen MR) is 71.1 cm³/mol. The molecule has 2 aromatic rings. The standard InChI is InChI=1S/C13H13ClFNS/c14-13-8-11(15)4-3-10(13)9-16-6-5-12-2-1-7-17-12/h1-4,7-8,16H,5-6,9H2. The summed E-state index contributed by atoms with van der Waals surface area (Å²) in [6, 6.07) is 8.67. The Hall–Kier alpha value is -0.900. The smallest absolute Gasteiger partial charge is 0.124 e. The highest BCUT2D eigenvalue weighted by Crippen LogP contribution is 2.16. The fourth-order valence-corrected chi connectivity index (χ4v) is 2.50. The highest BCUT2D eigenvalue weighted by atomic mass is 35.5. The molecule has 0 aliphatic heterocycles. The van der Waals surface area contributed by atoms with Crippen LogP contribution in [-0.4, -0.2) is 6.54 Å². The molecule has 4 heteroatoms. The summed E-state index contributed by atoms with van der Waals surface area (Å²) < 4.78 is 12.8. The highest BCUT2D eigenvalue weighted by Gasteiger charge is 2.01. The van der Waals surface area contributed by atoms with E-state index in [2.05, 4.69) is 22.8 Å². The molecule has 0 atom stereocenters. The molecule has 0 fully saturated rings. The molecule has 2 rings (SSSR count). The first-order valence-corrected chi connectivity index (χ1v) is 6.68. The van der Waals surface area contributed by atoms with E-state index < -0.39 is 0 Å². The molecule has 0 saturated carbocycles. The molecule has 0 saturated heterocycles. The van der Waals surface area contributed by atoms with Gasteiger partial charge in [-0.3, -0.25) is 0 Å². The van der Waals surface area contributed by atoms with Crippen molar-refractivity contribution in [2.45, 2.75) is 13.0 Å². The topological polar surface area (TPSA) is 12.0 Å². The lowest BCUT2D eigenvalue weighted by Crippen LogP contribution is -2.16. The Bertz CT molecular complexity index is 470. The van der Waals surface area contributed by atoms with E-state index in [1.807, 2.05) is 0 Å². The van der Waals surface area contributed by atoms with Crippen LogP contribution in [0.3, 0.4) is 0 Å². The minimum absolute atomic E-state index is 0.294. The van der Waals surface area contributed by atoms with E-state index in [1.54, 1.807) is 17.4 Å². The minimum atomic E-state index is -0.294. The van der Waals surface area contributed by atoms with Gasteiger partial charge in [0.2, 0.25) is 0 Å². The number of hydrogen-bond donors (Lipinski definition) is 1. The lowest BCUT2D eigenvalue weighted by molar-refractivity contribution is 0.625. The van der Waals surface area contributed by atoms with Crippen molar-refractivity contribution in [1.29, 1.82) is 0 Å². The van der Waals surface area contributed by atoms with Gasteiger partial charge in [0.1, 0.15) is 5.82 Å². The molecule has 0 amide bonds. The molecular formula is C13H13ClFNS. The predicted octanol–water partition coefficient (Wildman–Crippen LogP) is 3.87. The van der Waals surface area contributed by atoms with E-state index in [0.29, 0.717) is 11.6 Å².